The topological polar surface area (TPSA) is 152 Å². The van der Waals surface area contributed by atoms with Gasteiger partial charge in [-0.1, -0.05) is 0 Å². The first kappa shape index (κ1) is 18.5. The van der Waals surface area contributed by atoms with Crippen molar-refractivity contribution in [2.24, 2.45) is 0 Å². The molecule has 0 aliphatic carbocycles. The quantitative estimate of drug-likeness (QED) is 0.398. The van der Waals surface area contributed by atoms with Crippen LogP contribution in [0.5, 0.6) is 0 Å². The van der Waals surface area contributed by atoms with Crippen LogP contribution in [0.3, 0.4) is 0 Å². The number of halogens is 1. The van der Waals surface area contributed by atoms with Crippen molar-refractivity contribution in [1.82, 2.24) is 19.7 Å². The molecule has 1 saturated heterocycles. The van der Waals surface area contributed by atoms with Gasteiger partial charge in [0.05, 0.1) is 24.3 Å². The summed E-state index contributed by atoms with van der Waals surface area (Å²) in [6, 6.07) is 0. The third kappa shape index (κ3) is 4.09. The summed E-state index contributed by atoms with van der Waals surface area (Å²) >= 11 is 5.91. The Morgan fingerprint density at radius 3 is 2.96 bits per heavy atom. The summed E-state index contributed by atoms with van der Waals surface area (Å²) in [6.45, 7) is -0.0601. The second-order valence-electron chi connectivity index (χ2n) is 5.53. The Morgan fingerprint density at radius 2 is 2.28 bits per heavy atom. The Kier molecular flexibility index (Phi) is 5.26. The lowest BCUT2D eigenvalue weighted by molar-refractivity contribution is -0.0623. The van der Waals surface area contributed by atoms with Gasteiger partial charge in [-0.25, -0.2) is 9.67 Å². The van der Waals surface area contributed by atoms with Crippen LogP contribution in [0.2, 0.25) is 5.28 Å². The Balaban J connectivity index is 1.77. The molecule has 0 bridgehead atoms. The van der Waals surface area contributed by atoms with E-state index >= 15 is 0 Å². The Bertz CT molecular complexity index is 813. The number of anilines is 1. The molecule has 3 rings (SSSR count). The van der Waals surface area contributed by atoms with Gasteiger partial charge in [-0.2, -0.15) is 10.1 Å². The molecule has 3 heterocycles. The smallest absolute Gasteiger partial charge is 0.350 e. The molecule has 1 fully saturated rings. The average Bonchev–Trinajstić information content (AvgIpc) is 3.08. The van der Waals surface area contributed by atoms with Crippen LogP contribution in [0.25, 0.3) is 11.0 Å². The number of fused-ring (bicyclic) bond motifs is 1. The van der Waals surface area contributed by atoms with Crippen molar-refractivity contribution >= 4 is 36.0 Å². The minimum atomic E-state index is -4.24. The molecule has 2 aromatic heterocycles. The summed E-state index contributed by atoms with van der Waals surface area (Å²) < 4.78 is 22.8. The molecule has 0 saturated carbocycles. The fourth-order valence-electron chi connectivity index (χ4n) is 2.64. The molecule has 0 amide bonds. The highest BCUT2D eigenvalue weighted by molar-refractivity contribution is 7.51. The van der Waals surface area contributed by atoms with E-state index < -0.39 is 32.4 Å². The monoisotopic (exact) mass is 393 g/mol. The third-order valence-corrected chi connectivity index (χ3v) is 4.32. The van der Waals surface area contributed by atoms with E-state index in [0.29, 0.717) is 16.9 Å². The van der Waals surface area contributed by atoms with E-state index in [1.165, 1.54) is 10.9 Å². The lowest BCUT2D eigenvalue weighted by atomic mass is 10.2. The number of aliphatic hydroxyl groups excluding tert-OH is 1. The summed E-state index contributed by atoms with van der Waals surface area (Å²) in [5.74, 6) is 0.496. The van der Waals surface area contributed by atoms with Crippen molar-refractivity contribution in [2.45, 2.75) is 24.9 Å². The van der Waals surface area contributed by atoms with E-state index in [9.17, 15) is 9.67 Å². The minimum absolute atomic E-state index is 0.0209. The SMILES string of the molecule is CNc1nc(Cl)nc2c1cnn2[C@@H]1O[C@H](COCP(=O)(O)O)C[C@H]1O. The number of hydrogen-bond donors (Lipinski definition) is 4. The highest BCUT2D eigenvalue weighted by atomic mass is 35.5. The van der Waals surface area contributed by atoms with Gasteiger partial charge in [0.25, 0.3) is 0 Å². The first-order valence-corrected chi connectivity index (χ1v) is 9.50. The van der Waals surface area contributed by atoms with Gasteiger partial charge in [-0.15, -0.1) is 0 Å². The zero-order valence-electron chi connectivity index (χ0n) is 13.1. The van der Waals surface area contributed by atoms with Gasteiger partial charge >= 0.3 is 7.60 Å². The van der Waals surface area contributed by atoms with Gasteiger partial charge in [0, 0.05) is 13.5 Å². The number of nitrogens with one attached hydrogen (secondary N) is 1. The van der Waals surface area contributed by atoms with E-state index in [0.717, 1.165) is 0 Å². The molecule has 138 valence electrons. The molecule has 0 spiro atoms. The molecular formula is C12H17ClN5O6P. The normalized spacial score (nSPS) is 24.1. The first-order chi connectivity index (χ1) is 11.8. The zero-order valence-corrected chi connectivity index (χ0v) is 14.8. The van der Waals surface area contributed by atoms with Gasteiger partial charge in [-0.05, 0) is 11.6 Å². The van der Waals surface area contributed by atoms with Crippen molar-refractivity contribution in [1.29, 1.82) is 0 Å². The van der Waals surface area contributed by atoms with Crippen molar-refractivity contribution in [2.75, 3.05) is 25.3 Å². The zero-order chi connectivity index (χ0) is 18.2. The average molecular weight is 394 g/mol. The van der Waals surface area contributed by atoms with Crippen molar-refractivity contribution < 1.29 is 28.9 Å². The van der Waals surface area contributed by atoms with E-state index in [2.05, 4.69) is 20.4 Å². The number of hydrogen-bond acceptors (Lipinski definition) is 8. The largest absolute Gasteiger partial charge is 0.388 e. The summed E-state index contributed by atoms with van der Waals surface area (Å²) in [7, 11) is -2.56. The van der Waals surface area contributed by atoms with Crippen LogP contribution in [-0.4, -0.2) is 66.9 Å². The van der Waals surface area contributed by atoms with E-state index in [1.54, 1.807) is 7.05 Å². The van der Waals surface area contributed by atoms with Crippen LogP contribution in [0, 0.1) is 0 Å². The molecule has 1 aliphatic rings. The van der Waals surface area contributed by atoms with E-state index in [-0.39, 0.29) is 18.3 Å². The van der Waals surface area contributed by atoms with Gasteiger partial charge in [0.2, 0.25) is 5.28 Å². The van der Waals surface area contributed by atoms with E-state index in [1.807, 2.05) is 0 Å². The maximum atomic E-state index is 10.8. The molecule has 2 aromatic rings. The van der Waals surface area contributed by atoms with Crippen LogP contribution < -0.4 is 5.32 Å². The molecule has 3 atom stereocenters. The Morgan fingerprint density at radius 1 is 1.52 bits per heavy atom. The van der Waals surface area contributed by atoms with Crippen LogP contribution >= 0.6 is 19.2 Å². The van der Waals surface area contributed by atoms with Gasteiger partial charge in [0.1, 0.15) is 18.3 Å². The van der Waals surface area contributed by atoms with Crippen LogP contribution in [0.15, 0.2) is 6.20 Å². The highest BCUT2D eigenvalue weighted by Gasteiger charge is 2.37. The molecular weight excluding hydrogens is 377 g/mol. The lowest BCUT2D eigenvalue weighted by Gasteiger charge is -2.16. The number of aliphatic hydroxyl groups is 1. The molecule has 0 unspecified atom stereocenters. The van der Waals surface area contributed by atoms with Gasteiger partial charge in [0.15, 0.2) is 11.9 Å². The van der Waals surface area contributed by atoms with Crippen molar-refractivity contribution in [3.63, 3.8) is 0 Å². The van der Waals surface area contributed by atoms with Crippen LogP contribution in [0.1, 0.15) is 12.6 Å². The highest BCUT2D eigenvalue weighted by Crippen LogP contribution is 2.35. The second-order valence-corrected chi connectivity index (χ2v) is 7.46. The fraction of sp³-hybridized carbons (Fsp3) is 0.583. The summed E-state index contributed by atoms with van der Waals surface area (Å²) in [4.78, 5) is 25.8. The standard InChI is InChI=1S/C12H17ClN5O6P/c1-14-9-7-3-15-18(10(7)17-12(13)16-9)11-8(19)2-6(24-11)4-23-5-25(20,21)22/h3,6,8,11,19H,2,4-5H2,1H3,(H,14,16,17)(H2,20,21,22)/t6-,8+,11+/m0/s1. The Hall–Kier alpha value is -1.33. The Labute approximate surface area is 147 Å². The molecule has 0 radical (unpaired) electrons. The van der Waals surface area contributed by atoms with Crippen LogP contribution in [0.4, 0.5) is 5.82 Å². The molecule has 4 N–H and O–H groups in total. The molecule has 25 heavy (non-hydrogen) atoms. The fourth-order valence-corrected chi connectivity index (χ4v) is 3.14. The van der Waals surface area contributed by atoms with Crippen molar-refractivity contribution in [3.05, 3.63) is 11.5 Å². The van der Waals surface area contributed by atoms with Gasteiger partial charge < -0.3 is 29.7 Å². The van der Waals surface area contributed by atoms with Gasteiger partial charge in [-0.3, -0.25) is 4.57 Å². The first-order valence-electron chi connectivity index (χ1n) is 7.33. The number of nitrogens with zero attached hydrogens (tertiary/aromatic N) is 4. The number of ether oxygens (including phenoxy) is 2. The second kappa shape index (κ2) is 7.12. The predicted octanol–water partition coefficient (Wildman–Crippen LogP) is 0.322. The maximum absolute atomic E-state index is 10.8. The molecule has 0 aromatic carbocycles. The lowest BCUT2D eigenvalue weighted by Crippen LogP contribution is -2.21. The van der Waals surface area contributed by atoms with E-state index in [4.69, 9.17) is 30.9 Å². The number of aromatic nitrogens is 4. The minimum Gasteiger partial charge on any atom is -0.388 e. The van der Waals surface area contributed by atoms with Crippen molar-refractivity contribution in [3.8, 4) is 0 Å². The third-order valence-electron chi connectivity index (χ3n) is 3.63. The maximum Gasteiger partial charge on any atom is 0.350 e. The molecule has 11 nitrogen and oxygen atoms in total. The van der Waals surface area contributed by atoms with Crippen LogP contribution in [-0.2, 0) is 14.0 Å². The summed E-state index contributed by atoms with van der Waals surface area (Å²) in [5.41, 5.74) is 0.394. The molecule has 13 heteroatoms. The number of rotatable bonds is 6. The predicted molar refractivity (Wildman–Crippen MR) is 87.3 cm³/mol. The molecule has 1 aliphatic heterocycles. The summed E-state index contributed by atoms with van der Waals surface area (Å²) in [6.07, 6.45) is -1.19. The summed E-state index contributed by atoms with van der Waals surface area (Å²) in [5, 5.41) is 18.0.